The number of hydrogen-bond donors (Lipinski definition) is 1. The van der Waals surface area contributed by atoms with Crippen molar-refractivity contribution >= 4 is 15.9 Å². The Hall–Kier alpha value is -1.17. The first-order valence-corrected chi connectivity index (χ1v) is 7.62. The number of benzene rings is 1. The van der Waals surface area contributed by atoms with Crippen LogP contribution in [-0.4, -0.2) is 22.8 Å². The Morgan fingerprint density at radius 2 is 2.30 bits per heavy atom. The van der Waals surface area contributed by atoms with Crippen LogP contribution in [0.1, 0.15) is 23.7 Å². The molecule has 0 amide bonds. The Morgan fingerprint density at radius 3 is 3.05 bits per heavy atom. The lowest BCUT2D eigenvalue weighted by atomic mass is 9.97. The van der Waals surface area contributed by atoms with Gasteiger partial charge in [-0.25, -0.2) is 4.98 Å². The Labute approximate surface area is 127 Å². The SMILES string of the molecule is NC(c1cncn1Cc1ccccc1Br)C1CCOC1. The minimum atomic E-state index is -0.0116. The molecule has 1 aromatic carbocycles. The summed E-state index contributed by atoms with van der Waals surface area (Å²) in [5.41, 5.74) is 8.69. The van der Waals surface area contributed by atoms with Crippen LogP contribution in [0.25, 0.3) is 0 Å². The van der Waals surface area contributed by atoms with E-state index in [0.29, 0.717) is 5.92 Å². The van der Waals surface area contributed by atoms with Gasteiger partial charge in [0.25, 0.3) is 0 Å². The zero-order valence-corrected chi connectivity index (χ0v) is 12.8. The summed E-state index contributed by atoms with van der Waals surface area (Å²) in [6.07, 6.45) is 4.76. The van der Waals surface area contributed by atoms with E-state index in [1.54, 1.807) is 0 Å². The Morgan fingerprint density at radius 1 is 1.45 bits per heavy atom. The average molecular weight is 336 g/mol. The van der Waals surface area contributed by atoms with Crippen molar-refractivity contribution in [3.05, 3.63) is 52.5 Å². The van der Waals surface area contributed by atoms with Crippen LogP contribution in [-0.2, 0) is 11.3 Å². The van der Waals surface area contributed by atoms with Crippen LogP contribution >= 0.6 is 15.9 Å². The van der Waals surface area contributed by atoms with Gasteiger partial charge in [0.05, 0.1) is 24.7 Å². The topological polar surface area (TPSA) is 53.1 Å². The number of aromatic nitrogens is 2. The lowest BCUT2D eigenvalue weighted by Crippen LogP contribution is -2.24. The van der Waals surface area contributed by atoms with E-state index >= 15 is 0 Å². The first-order chi connectivity index (χ1) is 9.75. The second-order valence-electron chi connectivity index (χ2n) is 5.19. The van der Waals surface area contributed by atoms with Crippen molar-refractivity contribution in [3.8, 4) is 0 Å². The van der Waals surface area contributed by atoms with Crippen LogP contribution < -0.4 is 5.73 Å². The van der Waals surface area contributed by atoms with Crippen molar-refractivity contribution in [3.63, 3.8) is 0 Å². The summed E-state index contributed by atoms with van der Waals surface area (Å²) < 4.78 is 8.67. The van der Waals surface area contributed by atoms with Gasteiger partial charge in [0.15, 0.2) is 0 Å². The quantitative estimate of drug-likeness (QED) is 0.934. The summed E-state index contributed by atoms with van der Waals surface area (Å²) in [6, 6.07) is 8.21. The molecule has 2 unspecified atom stereocenters. The summed E-state index contributed by atoms with van der Waals surface area (Å²) in [5.74, 6) is 0.393. The maximum atomic E-state index is 6.38. The molecule has 2 N–H and O–H groups in total. The number of halogens is 1. The predicted molar refractivity (Wildman–Crippen MR) is 81.3 cm³/mol. The Bertz CT molecular complexity index is 578. The molecule has 4 nitrogen and oxygen atoms in total. The largest absolute Gasteiger partial charge is 0.381 e. The molecule has 0 aliphatic carbocycles. The van der Waals surface area contributed by atoms with Crippen molar-refractivity contribution < 1.29 is 4.74 Å². The molecule has 1 fully saturated rings. The fraction of sp³-hybridized carbons (Fsp3) is 0.400. The van der Waals surface area contributed by atoms with Gasteiger partial charge in [-0.05, 0) is 18.1 Å². The summed E-state index contributed by atoms with van der Waals surface area (Å²) in [4.78, 5) is 4.27. The molecular weight excluding hydrogens is 318 g/mol. The van der Waals surface area contributed by atoms with E-state index in [2.05, 4.69) is 37.6 Å². The number of ether oxygens (including phenoxy) is 1. The summed E-state index contributed by atoms with van der Waals surface area (Å²) in [6.45, 7) is 2.34. The normalized spacial score (nSPS) is 20.2. The minimum absolute atomic E-state index is 0.0116. The molecule has 0 spiro atoms. The highest BCUT2D eigenvalue weighted by Gasteiger charge is 2.26. The fourth-order valence-electron chi connectivity index (χ4n) is 2.63. The molecule has 2 aromatic rings. The van der Waals surface area contributed by atoms with E-state index in [1.165, 1.54) is 5.56 Å². The molecule has 1 aromatic heterocycles. The van der Waals surface area contributed by atoms with Crippen LogP contribution in [0.2, 0.25) is 0 Å². The second kappa shape index (κ2) is 6.08. The van der Waals surface area contributed by atoms with E-state index in [4.69, 9.17) is 10.5 Å². The molecule has 0 saturated carbocycles. The van der Waals surface area contributed by atoms with Gasteiger partial charge in [0.1, 0.15) is 0 Å². The van der Waals surface area contributed by atoms with Gasteiger partial charge >= 0.3 is 0 Å². The average Bonchev–Trinajstić information content (AvgIpc) is 3.11. The van der Waals surface area contributed by atoms with E-state index in [-0.39, 0.29) is 6.04 Å². The van der Waals surface area contributed by atoms with Gasteiger partial charge in [-0.15, -0.1) is 0 Å². The molecule has 1 saturated heterocycles. The zero-order valence-electron chi connectivity index (χ0n) is 11.2. The van der Waals surface area contributed by atoms with E-state index in [0.717, 1.165) is 36.3 Å². The molecule has 1 aliphatic heterocycles. The van der Waals surface area contributed by atoms with Crippen molar-refractivity contribution in [1.29, 1.82) is 0 Å². The highest BCUT2D eigenvalue weighted by atomic mass is 79.9. The molecule has 1 aliphatic rings. The van der Waals surface area contributed by atoms with Crippen molar-refractivity contribution in [1.82, 2.24) is 9.55 Å². The van der Waals surface area contributed by atoms with Crippen LogP contribution in [0.3, 0.4) is 0 Å². The molecule has 5 heteroatoms. The Balaban J connectivity index is 1.81. The third kappa shape index (κ3) is 2.80. The van der Waals surface area contributed by atoms with E-state index < -0.39 is 0 Å². The van der Waals surface area contributed by atoms with Crippen LogP contribution in [0.5, 0.6) is 0 Å². The number of nitrogens with two attached hydrogens (primary N) is 1. The lowest BCUT2D eigenvalue weighted by Gasteiger charge is -2.19. The highest BCUT2D eigenvalue weighted by molar-refractivity contribution is 9.10. The maximum absolute atomic E-state index is 6.38. The number of rotatable bonds is 4. The first-order valence-electron chi connectivity index (χ1n) is 6.82. The fourth-order valence-corrected chi connectivity index (χ4v) is 3.04. The van der Waals surface area contributed by atoms with Crippen LogP contribution in [0, 0.1) is 5.92 Å². The van der Waals surface area contributed by atoms with Gasteiger partial charge in [0, 0.05) is 29.7 Å². The third-order valence-corrected chi connectivity index (χ3v) is 4.63. The second-order valence-corrected chi connectivity index (χ2v) is 6.04. The zero-order chi connectivity index (χ0) is 13.9. The van der Waals surface area contributed by atoms with Gasteiger partial charge in [0.2, 0.25) is 0 Å². The van der Waals surface area contributed by atoms with Gasteiger partial charge in [-0.3, -0.25) is 0 Å². The smallest absolute Gasteiger partial charge is 0.0951 e. The minimum Gasteiger partial charge on any atom is -0.381 e. The maximum Gasteiger partial charge on any atom is 0.0951 e. The highest BCUT2D eigenvalue weighted by Crippen LogP contribution is 2.27. The summed E-state index contributed by atoms with van der Waals surface area (Å²) in [7, 11) is 0. The molecule has 2 atom stereocenters. The van der Waals surface area contributed by atoms with E-state index in [9.17, 15) is 0 Å². The van der Waals surface area contributed by atoms with Gasteiger partial charge in [-0.1, -0.05) is 34.1 Å². The van der Waals surface area contributed by atoms with Crippen LogP contribution in [0.4, 0.5) is 0 Å². The molecule has 0 bridgehead atoms. The number of nitrogens with zero attached hydrogens (tertiary/aromatic N) is 2. The summed E-state index contributed by atoms with van der Waals surface area (Å²) >= 11 is 3.58. The number of imidazole rings is 1. The van der Waals surface area contributed by atoms with Gasteiger partial charge < -0.3 is 15.0 Å². The predicted octanol–water partition coefficient (Wildman–Crippen LogP) is 2.73. The molecule has 2 heterocycles. The van der Waals surface area contributed by atoms with E-state index in [1.807, 2.05) is 24.7 Å². The standard InChI is InChI=1S/C15H18BrN3O/c16-13-4-2-1-3-11(13)8-19-10-18-7-14(19)15(17)12-5-6-20-9-12/h1-4,7,10,12,15H,5-6,8-9,17H2. The molecule has 0 radical (unpaired) electrons. The first kappa shape index (κ1) is 13.8. The van der Waals surface area contributed by atoms with Crippen molar-refractivity contribution in [2.75, 3.05) is 13.2 Å². The molecule has 20 heavy (non-hydrogen) atoms. The van der Waals surface area contributed by atoms with Crippen LogP contribution in [0.15, 0.2) is 41.3 Å². The third-order valence-electron chi connectivity index (χ3n) is 3.86. The number of hydrogen-bond acceptors (Lipinski definition) is 3. The molecule has 106 valence electrons. The van der Waals surface area contributed by atoms with Gasteiger partial charge in [-0.2, -0.15) is 0 Å². The lowest BCUT2D eigenvalue weighted by molar-refractivity contribution is 0.180. The monoisotopic (exact) mass is 335 g/mol. The van der Waals surface area contributed by atoms with Crippen molar-refractivity contribution in [2.24, 2.45) is 11.7 Å². The molecular formula is C15H18BrN3O. The molecule has 3 rings (SSSR count). The summed E-state index contributed by atoms with van der Waals surface area (Å²) in [5, 5.41) is 0. The van der Waals surface area contributed by atoms with Crippen molar-refractivity contribution in [2.45, 2.75) is 19.0 Å². The Kier molecular flexibility index (Phi) is 4.19.